The summed E-state index contributed by atoms with van der Waals surface area (Å²) in [5.41, 5.74) is 5.74. The molecule has 1 fully saturated rings. The summed E-state index contributed by atoms with van der Waals surface area (Å²) in [7, 11) is 0. The minimum absolute atomic E-state index is 0.00250. The van der Waals surface area contributed by atoms with Gasteiger partial charge in [-0.1, -0.05) is 26.2 Å². The van der Waals surface area contributed by atoms with Crippen LogP contribution in [0, 0.1) is 5.92 Å². The molecule has 0 heterocycles. The maximum Gasteiger partial charge on any atom is 0.246 e. The summed E-state index contributed by atoms with van der Waals surface area (Å²) in [6.07, 6.45) is 6.88. The highest BCUT2D eigenvalue weighted by atomic mass is 16.5. The van der Waals surface area contributed by atoms with Crippen LogP contribution in [0.3, 0.4) is 0 Å². The Morgan fingerprint density at radius 3 is 2.83 bits per heavy atom. The Hall–Kier alpha value is -0.610. The number of rotatable bonds is 7. The summed E-state index contributed by atoms with van der Waals surface area (Å²) < 4.78 is 5.74. The molecule has 0 bridgehead atoms. The molecule has 1 amide bonds. The van der Waals surface area contributed by atoms with Crippen molar-refractivity contribution < 1.29 is 9.53 Å². The normalized spacial score (nSPS) is 25.7. The number of nitrogens with two attached hydrogens (primary N) is 1. The zero-order chi connectivity index (χ0) is 13.4. The van der Waals surface area contributed by atoms with Crippen LogP contribution in [0.25, 0.3) is 0 Å². The van der Waals surface area contributed by atoms with E-state index in [0.29, 0.717) is 12.5 Å². The molecule has 0 aromatic heterocycles. The van der Waals surface area contributed by atoms with Crippen molar-refractivity contribution in [2.45, 2.75) is 64.5 Å². The average Bonchev–Trinajstić information content (AvgIpc) is 2.37. The fourth-order valence-electron chi connectivity index (χ4n) is 2.67. The van der Waals surface area contributed by atoms with Gasteiger partial charge >= 0.3 is 0 Å². The van der Waals surface area contributed by atoms with Gasteiger partial charge in [0.2, 0.25) is 5.91 Å². The molecule has 3 atom stereocenters. The van der Waals surface area contributed by atoms with Crippen LogP contribution in [0.1, 0.15) is 52.4 Å². The lowest BCUT2D eigenvalue weighted by molar-refractivity contribution is -0.130. The second-order valence-corrected chi connectivity index (χ2v) is 5.39. The third-order valence-corrected chi connectivity index (χ3v) is 3.70. The molecule has 3 N–H and O–H groups in total. The lowest BCUT2D eigenvalue weighted by atomic mass is 9.86. The number of amides is 1. The number of nitrogens with one attached hydrogen (secondary N) is 1. The van der Waals surface area contributed by atoms with Crippen molar-refractivity contribution in [3.05, 3.63) is 0 Å². The molecule has 4 nitrogen and oxygen atoms in total. The van der Waals surface area contributed by atoms with Crippen LogP contribution in [0.15, 0.2) is 0 Å². The van der Waals surface area contributed by atoms with Crippen molar-refractivity contribution in [1.29, 1.82) is 0 Å². The molecule has 0 aromatic carbocycles. The van der Waals surface area contributed by atoms with E-state index in [-0.39, 0.29) is 24.7 Å². The molecule has 1 aliphatic rings. The quantitative estimate of drug-likeness (QED) is 0.730. The predicted octanol–water partition coefficient (Wildman–Crippen LogP) is 1.83. The minimum atomic E-state index is -0.00250. The van der Waals surface area contributed by atoms with Gasteiger partial charge in [-0.25, -0.2) is 0 Å². The molecule has 0 saturated heterocycles. The lowest BCUT2D eigenvalue weighted by Gasteiger charge is -2.30. The van der Waals surface area contributed by atoms with Gasteiger partial charge < -0.3 is 15.8 Å². The fraction of sp³-hybridized carbons (Fsp3) is 0.929. The number of hydrogen-bond acceptors (Lipinski definition) is 3. The average molecular weight is 256 g/mol. The second kappa shape index (κ2) is 8.48. The van der Waals surface area contributed by atoms with Crippen LogP contribution >= 0.6 is 0 Å². The smallest absolute Gasteiger partial charge is 0.246 e. The zero-order valence-electron chi connectivity index (χ0n) is 11.8. The van der Waals surface area contributed by atoms with Crippen molar-refractivity contribution in [1.82, 2.24) is 5.32 Å². The minimum Gasteiger partial charge on any atom is -0.368 e. The molecule has 1 aliphatic carbocycles. The van der Waals surface area contributed by atoms with Crippen molar-refractivity contribution in [2.75, 3.05) is 13.2 Å². The van der Waals surface area contributed by atoms with Crippen molar-refractivity contribution in [3.8, 4) is 0 Å². The first-order valence-corrected chi connectivity index (χ1v) is 7.28. The highest BCUT2D eigenvalue weighted by Crippen LogP contribution is 2.25. The highest BCUT2D eigenvalue weighted by Gasteiger charge is 2.25. The van der Waals surface area contributed by atoms with Crippen LogP contribution < -0.4 is 11.1 Å². The van der Waals surface area contributed by atoms with Crippen molar-refractivity contribution in [2.24, 2.45) is 11.7 Å². The van der Waals surface area contributed by atoms with Crippen molar-refractivity contribution >= 4 is 5.91 Å². The summed E-state index contributed by atoms with van der Waals surface area (Å²) in [6, 6.07) is 0.239. The van der Waals surface area contributed by atoms with E-state index in [1.807, 2.05) is 6.92 Å². The van der Waals surface area contributed by atoms with Gasteiger partial charge in [-0.05, 0) is 38.6 Å². The summed E-state index contributed by atoms with van der Waals surface area (Å²) in [4.78, 5) is 11.7. The van der Waals surface area contributed by atoms with Crippen molar-refractivity contribution in [3.63, 3.8) is 0 Å². The van der Waals surface area contributed by atoms with E-state index in [1.54, 1.807) is 0 Å². The summed E-state index contributed by atoms with van der Waals surface area (Å²) in [6.45, 7) is 4.99. The van der Waals surface area contributed by atoms with Crippen LogP contribution in [0.2, 0.25) is 0 Å². The van der Waals surface area contributed by atoms with E-state index in [1.165, 1.54) is 12.8 Å². The van der Waals surface area contributed by atoms with Gasteiger partial charge in [0.05, 0.1) is 6.10 Å². The number of carbonyl (C=O) groups is 1. The largest absolute Gasteiger partial charge is 0.368 e. The van der Waals surface area contributed by atoms with Gasteiger partial charge in [-0.15, -0.1) is 0 Å². The standard InChI is InChI=1S/C14H28N2O2/c1-3-6-11(2)16-14(17)10-18-13-8-5-4-7-12(13)9-15/h11-13H,3-10,15H2,1-2H3,(H,16,17). The molecule has 18 heavy (non-hydrogen) atoms. The Morgan fingerprint density at radius 1 is 1.44 bits per heavy atom. The third kappa shape index (κ3) is 5.36. The van der Waals surface area contributed by atoms with Gasteiger partial charge in [-0.2, -0.15) is 0 Å². The van der Waals surface area contributed by atoms with Crippen LogP contribution in [-0.4, -0.2) is 31.2 Å². The van der Waals surface area contributed by atoms with E-state index in [0.717, 1.165) is 25.7 Å². The molecule has 4 heteroatoms. The SMILES string of the molecule is CCCC(C)NC(=O)COC1CCCCC1CN. The molecule has 1 rings (SSSR count). The second-order valence-electron chi connectivity index (χ2n) is 5.39. The number of hydrogen-bond donors (Lipinski definition) is 2. The van der Waals surface area contributed by atoms with Gasteiger partial charge in [0, 0.05) is 6.04 Å². The van der Waals surface area contributed by atoms with Gasteiger partial charge in [0.1, 0.15) is 6.61 Å². The molecule has 3 unspecified atom stereocenters. The Balaban J connectivity index is 2.24. The molecule has 0 spiro atoms. The zero-order valence-corrected chi connectivity index (χ0v) is 11.8. The molecule has 106 valence electrons. The molecular weight excluding hydrogens is 228 g/mol. The topological polar surface area (TPSA) is 64.3 Å². The van der Waals surface area contributed by atoms with Gasteiger partial charge in [-0.3, -0.25) is 4.79 Å². The number of ether oxygens (including phenoxy) is 1. The maximum atomic E-state index is 11.7. The summed E-state index contributed by atoms with van der Waals surface area (Å²) in [5.74, 6) is 0.428. The first kappa shape index (κ1) is 15.4. The third-order valence-electron chi connectivity index (χ3n) is 3.70. The predicted molar refractivity (Wildman–Crippen MR) is 73.3 cm³/mol. The Kier molecular flexibility index (Phi) is 7.28. The fourth-order valence-corrected chi connectivity index (χ4v) is 2.67. The summed E-state index contributed by atoms with van der Waals surface area (Å²) >= 11 is 0. The summed E-state index contributed by atoms with van der Waals surface area (Å²) in [5, 5.41) is 2.96. The maximum absolute atomic E-state index is 11.7. The van der Waals surface area contributed by atoms with Crippen LogP contribution in [0.4, 0.5) is 0 Å². The molecule has 1 saturated carbocycles. The van der Waals surface area contributed by atoms with E-state index < -0.39 is 0 Å². The molecule has 0 aliphatic heterocycles. The van der Waals surface area contributed by atoms with E-state index in [9.17, 15) is 4.79 Å². The van der Waals surface area contributed by atoms with E-state index in [2.05, 4.69) is 12.2 Å². The van der Waals surface area contributed by atoms with Crippen LogP contribution in [-0.2, 0) is 9.53 Å². The molecule has 0 aromatic rings. The van der Waals surface area contributed by atoms with Gasteiger partial charge in [0.25, 0.3) is 0 Å². The molecule has 0 radical (unpaired) electrons. The Bertz CT molecular complexity index is 246. The monoisotopic (exact) mass is 256 g/mol. The van der Waals surface area contributed by atoms with Crippen LogP contribution in [0.5, 0.6) is 0 Å². The Morgan fingerprint density at radius 2 is 2.17 bits per heavy atom. The highest BCUT2D eigenvalue weighted by molar-refractivity contribution is 5.77. The van der Waals surface area contributed by atoms with E-state index >= 15 is 0 Å². The number of carbonyl (C=O) groups excluding carboxylic acids is 1. The first-order chi connectivity index (χ1) is 8.67. The molecular formula is C14H28N2O2. The first-order valence-electron chi connectivity index (χ1n) is 7.28. The Labute approximate surface area is 111 Å². The van der Waals surface area contributed by atoms with E-state index in [4.69, 9.17) is 10.5 Å². The lowest BCUT2D eigenvalue weighted by Crippen LogP contribution is -2.39. The van der Waals surface area contributed by atoms with Gasteiger partial charge in [0.15, 0.2) is 0 Å².